The SMILES string of the molecule is CC(Oc1ccc(F)cc1F)C(=O)N1CCN(c2ccc(-c3ccc4c(c3)OCO4)nn2)CC1. The molecule has 0 saturated carbocycles. The van der Waals surface area contributed by atoms with Crippen molar-refractivity contribution in [3.05, 3.63) is 60.2 Å². The molecule has 1 amide bonds. The van der Waals surface area contributed by atoms with E-state index in [1.807, 2.05) is 35.2 Å². The molecule has 2 aliphatic heterocycles. The molecule has 0 aliphatic carbocycles. The summed E-state index contributed by atoms with van der Waals surface area (Å²) >= 11 is 0. The van der Waals surface area contributed by atoms with Crippen molar-refractivity contribution >= 4 is 11.7 Å². The van der Waals surface area contributed by atoms with Crippen LogP contribution >= 0.6 is 0 Å². The molecule has 2 aromatic carbocycles. The van der Waals surface area contributed by atoms with Crippen LogP contribution in [0.25, 0.3) is 11.3 Å². The number of amides is 1. The highest BCUT2D eigenvalue weighted by atomic mass is 19.1. The second kappa shape index (κ2) is 9.12. The number of aromatic nitrogens is 2. The quantitative estimate of drug-likeness (QED) is 0.569. The van der Waals surface area contributed by atoms with Gasteiger partial charge in [0.05, 0.1) is 5.69 Å². The number of carbonyl (C=O) groups is 1. The first-order valence-electron chi connectivity index (χ1n) is 10.9. The number of ether oxygens (including phenoxy) is 3. The van der Waals surface area contributed by atoms with E-state index in [-0.39, 0.29) is 18.4 Å². The number of fused-ring (bicyclic) bond motifs is 1. The Kier molecular flexibility index (Phi) is 5.87. The number of piperazine rings is 1. The minimum Gasteiger partial charge on any atom is -0.478 e. The molecule has 1 saturated heterocycles. The van der Waals surface area contributed by atoms with E-state index in [9.17, 15) is 13.6 Å². The Morgan fingerprint density at radius 3 is 2.50 bits per heavy atom. The zero-order valence-corrected chi connectivity index (χ0v) is 18.4. The number of nitrogens with zero attached hydrogens (tertiary/aromatic N) is 4. The van der Waals surface area contributed by atoms with Crippen LogP contribution in [0.3, 0.4) is 0 Å². The lowest BCUT2D eigenvalue weighted by atomic mass is 10.1. The fourth-order valence-electron chi connectivity index (χ4n) is 3.93. The van der Waals surface area contributed by atoms with Crippen molar-refractivity contribution in [2.75, 3.05) is 37.9 Å². The van der Waals surface area contributed by atoms with Crippen LogP contribution < -0.4 is 19.1 Å². The Balaban J connectivity index is 1.17. The number of rotatable bonds is 5. The third kappa shape index (κ3) is 4.43. The smallest absolute Gasteiger partial charge is 0.263 e. The predicted molar refractivity (Wildman–Crippen MR) is 119 cm³/mol. The Bertz CT molecular complexity index is 1200. The molecule has 0 radical (unpaired) electrons. The lowest BCUT2D eigenvalue weighted by molar-refractivity contribution is -0.138. The van der Waals surface area contributed by atoms with Crippen LogP contribution in [0.15, 0.2) is 48.5 Å². The van der Waals surface area contributed by atoms with Gasteiger partial charge in [0.2, 0.25) is 6.79 Å². The number of carbonyl (C=O) groups excluding carboxylic acids is 1. The van der Waals surface area contributed by atoms with Gasteiger partial charge in [0.15, 0.2) is 35.0 Å². The van der Waals surface area contributed by atoms with Crippen LogP contribution in [0.1, 0.15) is 6.92 Å². The van der Waals surface area contributed by atoms with Crippen LogP contribution in [-0.2, 0) is 4.79 Å². The number of halogens is 2. The van der Waals surface area contributed by atoms with E-state index >= 15 is 0 Å². The van der Waals surface area contributed by atoms with Gasteiger partial charge in [-0.25, -0.2) is 8.78 Å². The molecule has 176 valence electrons. The predicted octanol–water partition coefficient (Wildman–Crippen LogP) is 3.27. The summed E-state index contributed by atoms with van der Waals surface area (Å²) in [7, 11) is 0. The van der Waals surface area contributed by atoms with Crippen molar-refractivity contribution in [1.82, 2.24) is 15.1 Å². The molecule has 8 nitrogen and oxygen atoms in total. The van der Waals surface area contributed by atoms with E-state index in [0.717, 1.165) is 23.4 Å². The maximum atomic E-state index is 13.8. The van der Waals surface area contributed by atoms with Gasteiger partial charge in [-0.2, -0.15) is 0 Å². The first kappa shape index (κ1) is 21.9. The number of anilines is 1. The Labute approximate surface area is 194 Å². The maximum absolute atomic E-state index is 13.8. The highest BCUT2D eigenvalue weighted by Crippen LogP contribution is 2.35. The third-order valence-corrected chi connectivity index (χ3v) is 5.78. The van der Waals surface area contributed by atoms with Crippen molar-refractivity contribution in [2.24, 2.45) is 0 Å². The molecule has 1 aromatic heterocycles. The Hall–Kier alpha value is -3.95. The lowest BCUT2D eigenvalue weighted by Crippen LogP contribution is -2.52. The van der Waals surface area contributed by atoms with E-state index in [4.69, 9.17) is 14.2 Å². The van der Waals surface area contributed by atoms with Gasteiger partial charge in [-0.15, -0.1) is 10.2 Å². The Morgan fingerprint density at radius 1 is 0.971 bits per heavy atom. The van der Waals surface area contributed by atoms with E-state index in [2.05, 4.69) is 10.2 Å². The number of hydrogen-bond acceptors (Lipinski definition) is 7. The van der Waals surface area contributed by atoms with Crippen LogP contribution in [0.4, 0.5) is 14.6 Å². The summed E-state index contributed by atoms with van der Waals surface area (Å²) in [6.45, 7) is 3.83. The zero-order chi connectivity index (χ0) is 23.7. The summed E-state index contributed by atoms with van der Waals surface area (Å²) in [6, 6.07) is 12.4. The molecule has 3 heterocycles. The second-order valence-corrected chi connectivity index (χ2v) is 7.99. The fraction of sp³-hybridized carbons (Fsp3) is 0.292. The van der Waals surface area contributed by atoms with Gasteiger partial charge in [0.1, 0.15) is 5.82 Å². The monoisotopic (exact) mass is 468 g/mol. The summed E-state index contributed by atoms with van der Waals surface area (Å²) in [5, 5.41) is 8.70. The van der Waals surface area contributed by atoms with Crippen LogP contribution in [0.5, 0.6) is 17.2 Å². The first-order chi connectivity index (χ1) is 16.5. The number of benzene rings is 2. The van der Waals surface area contributed by atoms with Gasteiger partial charge in [0, 0.05) is 37.8 Å². The standard InChI is InChI=1S/C24H22F2N4O4/c1-15(34-20-6-3-17(25)13-18(20)26)24(31)30-10-8-29(9-11-30)23-7-4-19(27-28-23)16-2-5-21-22(12-16)33-14-32-21/h2-7,12-13,15H,8-11,14H2,1H3. The molecule has 1 unspecified atom stereocenters. The second-order valence-electron chi connectivity index (χ2n) is 7.99. The van der Waals surface area contributed by atoms with E-state index in [1.54, 1.807) is 11.8 Å². The van der Waals surface area contributed by atoms with Gasteiger partial charge in [-0.1, -0.05) is 0 Å². The summed E-state index contributed by atoms with van der Waals surface area (Å²) in [5.41, 5.74) is 1.60. The minimum atomic E-state index is -0.896. The molecule has 5 rings (SSSR count). The third-order valence-electron chi connectivity index (χ3n) is 5.78. The fourth-order valence-corrected chi connectivity index (χ4v) is 3.93. The number of hydrogen-bond donors (Lipinski definition) is 0. The van der Waals surface area contributed by atoms with Crippen molar-refractivity contribution in [3.63, 3.8) is 0 Å². The normalized spacial score (nSPS) is 15.9. The van der Waals surface area contributed by atoms with Gasteiger partial charge in [0.25, 0.3) is 5.91 Å². The summed E-state index contributed by atoms with van der Waals surface area (Å²) in [5.74, 6) is 0.160. The minimum absolute atomic E-state index is 0.154. The van der Waals surface area contributed by atoms with Crippen molar-refractivity contribution in [1.29, 1.82) is 0 Å². The maximum Gasteiger partial charge on any atom is 0.263 e. The molecule has 0 N–H and O–H groups in total. The van der Waals surface area contributed by atoms with Crippen LogP contribution in [0, 0.1) is 11.6 Å². The summed E-state index contributed by atoms with van der Waals surface area (Å²) < 4.78 is 43.1. The summed E-state index contributed by atoms with van der Waals surface area (Å²) in [4.78, 5) is 16.5. The van der Waals surface area contributed by atoms with E-state index in [1.165, 1.54) is 6.07 Å². The molecule has 0 spiro atoms. The van der Waals surface area contributed by atoms with Crippen molar-refractivity contribution < 1.29 is 27.8 Å². The molecule has 1 fully saturated rings. The van der Waals surface area contributed by atoms with Crippen LogP contribution in [0.2, 0.25) is 0 Å². The molecule has 1 atom stereocenters. The molecular weight excluding hydrogens is 446 g/mol. The first-order valence-corrected chi connectivity index (χ1v) is 10.9. The van der Waals surface area contributed by atoms with Gasteiger partial charge in [-0.05, 0) is 49.4 Å². The topological polar surface area (TPSA) is 77.0 Å². The largest absolute Gasteiger partial charge is 0.478 e. The van der Waals surface area contributed by atoms with Gasteiger partial charge in [-0.3, -0.25) is 4.79 Å². The Morgan fingerprint density at radius 2 is 1.76 bits per heavy atom. The van der Waals surface area contributed by atoms with Crippen LogP contribution in [-0.4, -0.2) is 60.1 Å². The lowest BCUT2D eigenvalue weighted by Gasteiger charge is -2.36. The van der Waals surface area contributed by atoms with Gasteiger partial charge < -0.3 is 24.0 Å². The highest BCUT2D eigenvalue weighted by Gasteiger charge is 2.27. The zero-order valence-electron chi connectivity index (χ0n) is 18.4. The van der Waals surface area contributed by atoms with E-state index in [0.29, 0.717) is 43.5 Å². The molecule has 2 aliphatic rings. The highest BCUT2D eigenvalue weighted by molar-refractivity contribution is 5.81. The summed E-state index contributed by atoms with van der Waals surface area (Å²) in [6.07, 6.45) is -0.896. The van der Waals surface area contributed by atoms with Crippen molar-refractivity contribution in [3.8, 4) is 28.5 Å². The molecule has 0 bridgehead atoms. The van der Waals surface area contributed by atoms with Crippen molar-refractivity contribution in [2.45, 2.75) is 13.0 Å². The molecule has 34 heavy (non-hydrogen) atoms. The van der Waals surface area contributed by atoms with E-state index < -0.39 is 17.7 Å². The van der Waals surface area contributed by atoms with Gasteiger partial charge >= 0.3 is 0 Å². The molecular formula is C24H22F2N4O4. The average Bonchev–Trinajstić information content (AvgIpc) is 3.33. The average molecular weight is 468 g/mol. The molecule has 3 aromatic rings. The molecule has 10 heteroatoms.